The fourth-order valence-corrected chi connectivity index (χ4v) is 2.39. The van der Waals surface area contributed by atoms with Crippen molar-refractivity contribution in [2.45, 2.75) is 19.4 Å². The predicted octanol–water partition coefficient (Wildman–Crippen LogP) is 1.25. The molecule has 1 atom stereocenters. The first-order chi connectivity index (χ1) is 9.01. The van der Waals surface area contributed by atoms with E-state index in [1.165, 1.54) is 6.92 Å². The van der Waals surface area contributed by atoms with Crippen LogP contribution in [-0.2, 0) is 11.2 Å². The SMILES string of the molecule is CN[C@@H](Cc1nc2ccc(I)cc2c(=O)[nH]1)C(C)=O. The molecule has 2 aromatic rings. The van der Waals surface area contributed by atoms with Crippen molar-refractivity contribution in [3.63, 3.8) is 0 Å². The van der Waals surface area contributed by atoms with Crippen LogP contribution in [0.15, 0.2) is 23.0 Å². The van der Waals surface area contributed by atoms with E-state index in [2.05, 4.69) is 37.9 Å². The zero-order valence-electron chi connectivity index (χ0n) is 10.7. The van der Waals surface area contributed by atoms with E-state index < -0.39 is 0 Å². The third-order valence-electron chi connectivity index (χ3n) is 2.95. The molecule has 0 saturated carbocycles. The lowest BCUT2D eigenvalue weighted by atomic mass is 10.1. The first kappa shape index (κ1) is 14.1. The topological polar surface area (TPSA) is 74.8 Å². The number of nitrogens with one attached hydrogen (secondary N) is 2. The summed E-state index contributed by atoms with van der Waals surface area (Å²) in [4.78, 5) is 30.5. The number of hydrogen-bond acceptors (Lipinski definition) is 4. The molecule has 0 saturated heterocycles. The number of H-pyrrole nitrogens is 1. The maximum Gasteiger partial charge on any atom is 0.258 e. The van der Waals surface area contributed by atoms with Crippen LogP contribution in [0, 0.1) is 3.57 Å². The van der Waals surface area contributed by atoms with Crippen molar-refractivity contribution in [1.29, 1.82) is 0 Å². The molecular weight excluding hydrogens is 357 g/mol. The number of benzene rings is 1. The molecule has 6 heteroatoms. The lowest BCUT2D eigenvalue weighted by Gasteiger charge is -2.12. The standard InChI is InChI=1S/C13H14IN3O2/c1-7(18)11(15-2)6-12-16-10-4-3-8(14)5-9(10)13(19)17-12/h3-5,11,15H,6H2,1-2H3,(H,16,17,19)/t11-/m0/s1. The molecule has 0 unspecified atom stereocenters. The van der Waals surface area contributed by atoms with Gasteiger partial charge in [0.25, 0.3) is 5.56 Å². The number of carbonyl (C=O) groups excluding carboxylic acids is 1. The monoisotopic (exact) mass is 371 g/mol. The number of Topliss-reactive ketones (excluding diaryl/α,β-unsaturated/α-hetero) is 1. The van der Waals surface area contributed by atoms with E-state index in [1.807, 2.05) is 12.1 Å². The number of hydrogen-bond donors (Lipinski definition) is 2. The van der Waals surface area contributed by atoms with Gasteiger partial charge in [-0.15, -0.1) is 0 Å². The van der Waals surface area contributed by atoms with Gasteiger partial charge in [0.05, 0.1) is 16.9 Å². The van der Waals surface area contributed by atoms with E-state index in [-0.39, 0.29) is 17.4 Å². The third kappa shape index (κ3) is 3.19. The highest BCUT2D eigenvalue weighted by Crippen LogP contribution is 2.12. The van der Waals surface area contributed by atoms with E-state index in [4.69, 9.17) is 0 Å². The zero-order chi connectivity index (χ0) is 14.0. The van der Waals surface area contributed by atoms with E-state index in [0.29, 0.717) is 23.1 Å². The smallest absolute Gasteiger partial charge is 0.258 e. The number of ketones is 1. The zero-order valence-corrected chi connectivity index (χ0v) is 12.8. The molecule has 0 aliphatic carbocycles. The minimum absolute atomic E-state index is 0.0212. The summed E-state index contributed by atoms with van der Waals surface area (Å²) in [6, 6.07) is 5.19. The van der Waals surface area contributed by atoms with Crippen molar-refractivity contribution in [1.82, 2.24) is 15.3 Å². The Bertz CT molecular complexity index is 681. The quantitative estimate of drug-likeness (QED) is 0.794. The van der Waals surface area contributed by atoms with Crippen LogP contribution in [0.5, 0.6) is 0 Å². The molecule has 0 amide bonds. The Morgan fingerprint density at radius 3 is 2.89 bits per heavy atom. The van der Waals surface area contributed by atoms with E-state index in [1.54, 1.807) is 13.1 Å². The Kier molecular flexibility index (Phi) is 4.31. The Morgan fingerprint density at radius 1 is 1.53 bits per heavy atom. The molecule has 0 fully saturated rings. The Hall–Kier alpha value is -1.28. The van der Waals surface area contributed by atoms with Crippen molar-refractivity contribution in [3.05, 3.63) is 37.9 Å². The maximum atomic E-state index is 12.0. The summed E-state index contributed by atoms with van der Waals surface area (Å²) < 4.78 is 0.988. The largest absolute Gasteiger partial charge is 0.310 e. The number of aromatic amines is 1. The summed E-state index contributed by atoms with van der Waals surface area (Å²) in [5.41, 5.74) is 0.481. The van der Waals surface area contributed by atoms with Crippen LogP contribution in [0.3, 0.4) is 0 Å². The first-order valence-electron chi connectivity index (χ1n) is 5.87. The van der Waals surface area contributed by atoms with Crippen LogP contribution in [0.2, 0.25) is 0 Å². The second-order valence-corrected chi connectivity index (χ2v) is 5.58. The second-order valence-electron chi connectivity index (χ2n) is 4.33. The molecule has 5 nitrogen and oxygen atoms in total. The minimum atomic E-state index is -0.329. The van der Waals surface area contributed by atoms with Gasteiger partial charge in [0, 0.05) is 9.99 Å². The van der Waals surface area contributed by atoms with Crippen LogP contribution in [0.25, 0.3) is 10.9 Å². The van der Waals surface area contributed by atoms with Crippen molar-refractivity contribution in [2.75, 3.05) is 7.05 Å². The van der Waals surface area contributed by atoms with E-state index in [9.17, 15) is 9.59 Å². The first-order valence-corrected chi connectivity index (χ1v) is 6.95. The number of fused-ring (bicyclic) bond motifs is 1. The van der Waals surface area contributed by atoms with E-state index in [0.717, 1.165) is 3.57 Å². The van der Waals surface area contributed by atoms with Crippen LogP contribution in [0.1, 0.15) is 12.7 Å². The van der Waals surface area contributed by atoms with Gasteiger partial charge < -0.3 is 10.3 Å². The van der Waals surface area contributed by atoms with Crippen molar-refractivity contribution in [2.24, 2.45) is 0 Å². The number of aromatic nitrogens is 2. The molecule has 100 valence electrons. The Morgan fingerprint density at radius 2 is 2.26 bits per heavy atom. The minimum Gasteiger partial charge on any atom is -0.310 e. The molecular formula is C13H14IN3O2. The average Bonchev–Trinajstić information content (AvgIpc) is 2.36. The highest BCUT2D eigenvalue weighted by Gasteiger charge is 2.14. The number of likely N-dealkylation sites (N-methyl/N-ethyl adjacent to an activating group) is 1. The molecule has 0 spiro atoms. The number of nitrogens with zero attached hydrogens (tertiary/aromatic N) is 1. The number of halogens is 1. The Labute approximate surface area is 124 Å². The van der Waals surface area contributed by atoms with Crippen molar-refractivity contribution < 1.29 is 4.79 Å². The normalized spacial score (nSPS) is 12.6. The molecule has 2 N–H and O–H groups in total. The lowest BCUT2D eigenvalue weighted by molar-refractivity contribution is -0.118. The summed E-state index contributed by atoms with van der Waals surface area (Å²) in [6.45, 7) is 1.52. The van der Waals surface area contributed by atoms with Crippen LogP contribution in [0.4, 0.5) is 0 Å². The van der Waals surface area contributed by atoms with Crippen LogP contribution in [-0.4, -0.2) is 28.8 Å². The van der Waals surface area contributed by atoms with Gasteiger partial charge in [0.2, 0.25) is 0 Å². The molecule has 1 aromatic heterocycles. The van der Waals surface area contributed by atoms with Gasteiger partial charge in [-0.3, -0.25) is 9.59 Å². The van der Waals surface area contributed by atoms with Gasteiger partial charge in [-0.25, -0.2) is 4.98 Å². The second kappa shape index (κ2) is 5.79. The number of rotatable bonds is 4. The molecule has 1 aromatic carbocycles. The third-order valence-corrected chi connectivity index (χ3v) is 3.62. The van der Waals surface area contributed by atoms with Gasteiger partial charge in [0.15, 0.2) is 0 Å². The van der Waals surface area contributed by atoms with Gasteiger partial charge >= 0.3 is 0 Å². The van der Waals surface area contributed by atoms with Crippen molar-refractivity contribution in [3.8, 4) is 0 Å². The maximum absolute atomic E-state index is 12.0. The molecule has 0 aliphatic rings. The summed E-state index contributed by atoms with van der Waals surface area (Å²) in [5.74, 6) is 0.543. The van der Waals surface area contributed by atoms with Crippen LogP contribution >= 0.6 is 22.6 Å². The van der Waals surface area contributed by atoms with Gasteiger partial charge in [-0.1, -0.05) is 0 Å². The van der Waals surface area contributed by atoms with Gasteiger partial charge in [0.1, 0.15) is 11.6 Å². The summed E-state index contributed by atoms with van der Waals surface area (Å²) >= 11 is 2.15. The number of carbonyl (C=O) groups is 1. The fraction of sp³-hybridized carbons (Fsp3) is 0.308. The van der Waals surface area contributed by atoms with Crippen LogP contribution < -0.4 is 10.9 Å². The van der Waals surface area contributed by atoms with E-state index >= 15 is 0 Å². The molecule has 19 heavy (non-hydrogen) atoms. The summed E-state index contributed by atoms with van der Waals surface area (Å²) in [5, 5.41) is 3.48. The highest BCUT2D eigenvalue weighted by atomic mass is 127. The summed E-state index contributed by atoms with van der Waals surface area (Å²) in [7, 11) is 1.72. The fourth-order valence-electron chi connectivity index (χ4n) is 1.90. The predicted molar refractivity (Wildman–Crippen MR) is 82.3 cm³/mol. The average molecular weight is 371 g/mol. The molecule has 0 radical (unpaired) electrons. The summed E-state index contributed by atoms with van der Waals surface area (Å²) in [6.07, 6.45) is 0.378. The molecule has 0 aliphatic heterocycles. The molecule has 0 bridgehead atoms. The Balaban J connectivity index is 2.44. The highest BCUT2D eigenvalue weighted by molar-refractivity contribution is 14.1. The molecule has 1 heterocycles. The van der Waals surface area contributed by atoms with Crippen molar-refractivity contribution >= 4 is 39.3 Å². The van der Waals surface area contributed by atoms with Gasteiger partial charge in [-0.05, 0) is 54.8 Å². The molecule has 2 rings (SSSR count). The lowest BCUT2D eigenvalue weighted by Crippen LogP contribution is -2.35. The van der Waals surface area contributed by atoms with Gasteiger partial charge in [-0.2, -0.15) is 0 Å².